The molecule has 4 rings (SSSR count). The number of rotatable bonds is 6. The van der Waals surface area contributed by atoms with Crippen LogP contribution >= 0.6 is 0 Å². The van der Waals surface area contributed by atoms with Crippen molar-refractivity contribution in [2.75, 3.05) is 31.4 Å². The first kappa shape index (κ1) is 22.9. The maximum atomic E-state index is 13.2. The molecule has 0 unspecified atom stereocenters. The third-order valence-electron chi connectivity index (χ3n) is 5.59. The molecule has 10 heteroatoms. The molecule has 1 fully saturated rings. The predicted octanol–water partition coefficient (Wildman–Crippen LogP) is 4.89. The van der Waals surface area contributed by atoms with Gasteiger partial charge in [0, 0.05) is 22.9 Å². The molecule has 0 radical (unpaired) electrons. The summed E-state index contributed by atoms with van der Waals surface area (Å²) < 4.78 is 56.7. The maximum absolute atomic E-state index is 13.2. The van der Waals surface area contributed by atoms with Crippen LogP contribution in [-0.4, -0.2) is 36.6 Å². The minimum atomic E-state index is -4.49. The molecule has 3 aromatic rings. The molecule has 2 aromatic carbocycles. The van der Waals surface area contributed by atoms with Crippen LogP contribution in [0.5, 0.6) is 11.5 Å². The first-order valence-corrected chi connectivity index (χ1v) is 10.5. The van der Waals surface area contributed by atoms with E-state index in [1.54, 1.807) is 14.0 Å². The summed E-state index contributed by atoms with van der Waals surface area (Å²) in [5, 5.41) is 13.1. The number of benzene rings is 2. The SMILES string of the molecule is COc1cc2c(C)nnc(N[C@H](C)c3cc(N)cc(C(F)(F)F)c3)c2cc1O[C@H]1CCOC1. The predicted molar refractivity (Wildman–Crippen MR) is 119 cm³/mol. The Hall–Kier alpha value is -3.27. The van der Waals surface area contributed by atoms with Crippen molar-refractivity contribution in [2.45, 2.75) is 38.6 Å². The minimum Gasteiger partial charge on any atom is -0.493 e. The molecule has 1 aliphatic rings. The zero-order chi connectivity index (χ0) is 23.8. The highest BCUT2D eigenvalue weighted by Gasteiger charge is 2.31. The van der Waals surface area contributed by atoms with Crippen LogP contribution in [0.15, 0.2) is 30.3 Å². The average molecular weight is 462 g/mol. The van der Waals surface area contributed by atoms with E-state index in [4.69, 9.17) is 19.9 Å². The molecule has 0 bridgehead atoms. The van der Waals surface area contributed by atoms with Crippen LogP contribution in [0, 0.1) is 6.92 Å². The molecule has 2 atom stereocenters. The first-order valence-electron chi connectivity index (χ1n) is 10.5. The Morgan fingerprint density at radius 3 is 2.55 bits per heavy atom. The van der Waals surface area contributed by atoms with Gasteiger partial charge in [0.05, 0.1) is 37.6 Å². The summed E-state index contributed by atoms with van der Waals surface area (Å²) in [6, 6.07) is 6.61. The monoisotopic (exact) mass is 462 g/mol. The summed E-state index contributed by atoms with van der Waals surface area (Å²) in [7, 11) is 1.56. The Bertz CT molecular complexity index is 1160. The van der Waals surface area contributed by atoms with E-state index < -0.39 is 17.8 Å². The second-order valence-electron chi connectivity index (χ2n) is 8.04. The molecule has 1 aromatic heterocycles. The van der Waals surface area contributed by atoms with E-state index in [9.17, 15) is 13.2 Å². The quantitative estimate of drug-likeness (QED) is 0.504. The van der Waals surface area contributed by atoms with E-state index >= 15 is 0 Å². The Kier molecular flexibility index (Phi) is 6.20. The third-order valence-corrected chi connectivity index (χ3v) is 5.59. The van der Waals surface area contributed by atoms with Gasteiger partial charge in [-0.05, 0) is 49.7 Å². The number of ether oxygens (including phenoxy) is 3. The number of anilines is 2. The van der Waals surface area contributed by atoms with E-state index in [1.165, 1.54) is 6.07 Å². The van der Waals surface area contributed by atoms with E-state index in [1.807, 2.05) is 19.1 Å². The molecular weight excluding hydrogens is 437 g/mol. The molecule has 1 saturated heterocycles. The van der Waals surface area contributed by atoms with Crippen molar-refractivity contribution in [1.82, 2.24) is 10.2 Å². The zero-order valence-electron chi connectivity index (χ0n) is 18.5. The van der Waals surface area contributed by atoms with Gasteiger partial charge in [0.15, 0.2) is 17.3 Å². The van der Waals surface area contributed by atoms with Crippen molar-refractivity contribution in [3.63, 3.8) is 0 Å². The average Bonchev–Trinajstić information content (AvgIpc) is 3.27. The zero-order valence-corrected chi connectivity index (χ0v) is 18.5. The Labute approximate surface area is 189 Å². The van der Waals surface area contributed by atoms with Crippen LogP contribution in [0.1, 0.15) is 36.2 Å². The van der Waals surface area contributed by atoms with Gasteiger partial charge in [-0.15, -0.1) is 5.10 Å². The smallest absolute Gasteiger partial charge is 0.416 e. The number of alkyl halides is 3. The fourth-order valence-corrected chi connectivity index (χ4v) is 3.81. The summed E-state index contributed by atoms with van der Waals surface area (Å²) in [6.45, 7) is 4.68. The molecule has 0 spiro atoms. The molecule has 176 valence electrons. The lowest BCUT2D eigenvalue weighted by Gasteiger charge is -2.20. The first-order chi connectivity index (χ1) is 15.7. The molecule has 7 nitrogen and oxygen atoms in total. The van der Waals surface area contributed by atoms with E-state index in [0.29, 0.717) is 47.2 Å². The number of halogens is 3. The molecule has 0 amide bonds. The van der Waals surface area contributed by atoms with Crippen molar-refractivity contribution < 1.29 is 27.4 Å². The second kappa shape index (κ2) is 8.93. The van der Waals surface area contributed by atoms with E-state index in [2.05, 4.69) is 15.5 Å². The molecule has 3 N–H and O–H groups in total. The molecule has 1 aliphatic heterocycles. The van der Waals surface area contributed by atoms with Crippen LogP contribution < -0.4 is 20.5 Å². The third kappa shape index (κ3) is 4.90. The second-order valence-corrected chi connectivity index (χ2v) is 8.04. The van der Waals surface area contributed by atoms with Gasteiger partial charge in [0.25, 0.3) is 0 Å². The molecule has 0 saturated carbocycles. The fraction of sp³-hybridized carbons (Fsp3) is 0.391. The van der Waals surface area contributed by atoms with Gasteiger partial charge in [0.1, 0.15) is 6.10 Å². The van der Waals surface area contributed by atoms with Gasteiger partial charge in [-0.1, -0.05) is 0 Å². The molecule has 0 aliphatic carbocycles. The number of nitrogens with two attached hydrogens (primary N) is 1. The highest BCUT2D eigenvalue weighted by atomic mass is 19.4. The van der Waals surface area contributed by atoms with E-state index in [-0.39, 0.29) is 11.8 Å². The topological polar surface area (TPSA) is 91.5 Å². The number of aryl methyl sites for hydroxylation is 1. The standard InChI is InChI=1S/C23H25F3N4O3/c1-12(14-6-15(23(24,25)26)8-16(27)7-14)28-22-19-10-21(33-17-4-5-32-11-17)20(31-3)9-18(19)13(2)29-30-22/h6-10,12,17H,4-5,11,27H2,1-3H3,(H,28,30)/t12-,17+/m1/s1. The molecule has 33 heavy (non-hydrogen) atoms. The van der Waals surface area contributed by atoms with Gasteiger partial charge in [0.2, 0.25) is 0 Å². The van der Waals surface area contributed by atoms with Gasteiger partial charge in [-0.2, -0.15) is 18.3 Å². The normalized spacial score (nSPS) is 17.2. The van der Waals surface area contributed by atoms with Gasteiger partial charge < -0.3 is 25.3 Å². The number of aromatic nitrogens is 2. The lowest BCUT2D eigenvalue weighted by atomic mass is 10.0. The fourth-order valence-electron chi connectivity index (χ4n) is 3.81. The molecule has 2 heterocycles. The van der Waals surface area contributed by atoms with Crippen molar-refractivity contribution in [3.05, 3.63) is 47.2 Å². The van der Waals surface area contributed by atoms with Crippen LogP contribution in [0.3, 0.4) is 0 Å². The highest BCUT2D eigenvalue weighted by Crippen LogP contribution is 2.38. The van der Waals surface area contributed by atoms with Gasteiger partial charge in [-0.3, -0.25) is 0 Å². The van der Waals surface area contributed by atoms with E-state index in [0.717, 1.165) is 23.9 Å². The van der Waals surface area contributed by atoms with Crippen molar-refractivity contribution >= 4 is 22.3 Å². The van der Waals surface area contributed by atoms with Gasteiger partial charge in [-0.25, -0.2) is 0 Å². The number of hydrogen-bond acceptors (Lipinski definition) is 7. The summed E-state index contributed by atoms with van der Waals surface area (Å²) in [5.74, 6) is 1.50. The molecular formula is C23H25F3N4O3. The summed E-state index contributed by atoms with van der Waals surface area (Å²) >= 11 is 0. The maximum Gasteiger partial charge on any atom is 0.416 e. The summed E-state index contributed by atoms with van der Waals surface area (Å²) in [6.07, 6.45) is -3.81. The van der Waals surface area contributed by atoms with Crippen molar-refractivity contribution in [1.29, 1.82) is 0 Å². The van der Waals surface area contributed by atoms with Crippen molar-refractivity contribution in [2.24, 2.45) is 0 Å². The number of nitrogen functional groups attached to an aromatic ring is 1. The Morgan fingerprint density at radius 1 is 1.12 bits per heavy atom. The minimum absolute atomic E-state index is 0.0347. The van der Waals surface area contributed by atoms with Crippen LogP contribution in [0.4, 0.5) is 24.7 Å². The largest absolute Gasteiger partial charge is 0.493 e. The highest BCUT2D eigenvalue weighted by molar-refractivity contribution is 5.95. The van der Waals surface area contributed by atoms with Crippen molar-refractivity contribution in [3.8, 4) is 11.5 Å². The number of nitrogens with zero attached hydrogens (tertiary/aromatic N) is 2. The number of methoxy groups -OCH3 is 1. The summed E-state index contributed by atoms with van der Waals surface area (Å²) in [4.78, 5) is 0. The van der Waals surface area contributed by atoms with Crippen LogP contribution in [0.25, 0.3) is 10.8 Å². The number of hydrogen-bond donors (Lipinski definition) is 2. The lowest BCUT2D eigenvalue weighted by Crippen LogP contribution is -2.16. The Morgan fingerprint density at radius 2 is 1.88 bits per heavy atom. The van der Waals surface area contributed by atoms with Crippen LogP contribution in [0.2, 0.25) is 0 Å². The summed E-state index contributed by atoms with van der Waals surface area (Å²) in [5.41, 5.74) is 6.03. The Balaban J connectivity index is 1.71. The lowest BCUT2D eigenvalue weighted by molar-refractivity contribution is -0.137. The van der Waals surface area contributed by atoms with Gasteiger partial charge >= 0.3 is 6.18 Å². The number of nitrogens with one attached hydrogen (secondary N) is 1. The number of fused-ring (bicyclic) bond motifs is 1. The van der Waals surface area contributed by atoms with Crippen LogP contribution in [-0.2, 0) is 10.9 Å².